The van der Waals surface area contributed by atoms with E-state index in [0.717, 1.165) is 28.5 Å². The predicted molar refractivity (Wildman–Crippen MR) is 77.8 cm³/mol. The third-order valence-electron chi connectivity index (χ3n) is 2.14. The Morgan fingerprint density at radius 3 is 2.94 bits per heavy atom. The summed E-state index contributed by atoms with van der Waals surface area (Å²) in [5.41, 5.74) is 0. The van der Waals surface area contributed by atoms with Gasteiger partial charge in [0.25, 0.3) is 0 Å². The van der Waals surface area contributed by atoms with Crippen LogP contribution in [-0.2, 0) is 6.54 Å². The molecule has 0 saturated carbocycles. The van der Waals surface area contributed by atoms with Crippen LogP contribution in [0.25, 0.3) is 0 Å². The molecule has 0 amide bonds. The van der Waals surface area contributed by atoms with Gasteiger partial charge in [-0.05, 0) is 46.5 Å². The molecule has 1 atom stereocenters. The fourth-order valence-electron chi connectivity index (χ4n) is 1.41. The van der Waals surface area contributed by atoms with Gasteiger partial charge in [0.15, 0.2) is 5.06 Å². The van der Waals surface area contributed by atoms with Crippen molar-refractivity contribution >= 4 is 39.0 Å². The summed E-state index contributed by atoms with van der Waals surface area (Å²) in [6.45, 7) is 4.26. The number of methoxy groups -OCH3 is 1. The van der Waals surface area contributed by atoms with Crippen LogP contribution in [0.2, 0.25) is 0 Å². The molecule has 5 heteroatoms. The fourth-order valence-corrected chi connectivity index (χ4v) is 3.76. The molecule has 1 unspecified atom stereocenters. The first kappa shape index (κ1) is 14.4. The number of hydrogen-bond donors (Lipinski definition) is 1. The van der Waals surface area contributed by atoms with Crippen LogP contribution in [0.4, 0.5) is 0 Å². The Morgan fingerprint density at radius 2 is 2.38 bits per heavy atom. The second-order valence-electron chi connectivity index (χ2n) is 3.74. The number of thiophene rings is 1. The van der Waals surface area contributed by atoms with Gasteiger partial charge in [-0.3, -0.25) is 0 Å². The highest BCUT2D eigenvalue weighted by atomic mass is 79.9. The van der Waals surface area contributed by atoms with Crippen LogP contribution in [0, 0.1) is 5.92 Å². The first-order chi connectivity index (χ1) is 7.67. The molecule has 1 rings (SSSR count). The maximum atomic E-state index is 5.23. The molecular weight excluding hydrogens is 306 g/mol. The van der Waals surface area contributed by atoms with Crippen LogP contribution in [0.3, 0.4) is 0 Å². The molecule has 0 saturated heterocycles. The van der Waals surface area contributed by atoms with E-state index in [0.29, 0.717) is 0 Å². The van der Waals surface area contributed by atoms with E-state index in [2.05, 4.69) is 40.5 Å². The first-order valence-electron chi connectivity index (χ1n) is 5.19. The Labute approximate surface area is 114 Å². The SMILES string of the molecule is COc1sc(CNCC(C)CSC)cc1Br. The number of halogens is 1. The molecule has 0 aliphatic heterocycles. The standard InChI is InChI=1S/C11H18BrNOS2/c1-8(7-15-3)5-13-6-9-4-10(12)11(14-2)16-9/h4,8,13H,5-7H2,1-3H3. The molecule has 0 radical (unpaired) electrons. The van der Waals surface area contributed by atoms with E-state index in [4.69, 9.17) is 4.74 Å². The zero-order valence-corrected chi connectivity index (χ0v) is 13.1. The smallest absolute Gasteiger partial charge is 0.188 e. The minimum atomic E-state index is 0.722. The van der Waals surface area contributed by atoms with E-state index < -0.39 is 0 Å². The van der Waals surface area contributed by atoms with Crippen LogP contribution in [0.1, 0.15) is 11.8 Å². The van der Waals surface area contributed by atoms with Crippen molar-refractivity contribution in [2.45, 2.75) is 13.5 Å². The molecule has 2 nitrogen and oxygen atoms in total. The molecule has 0 aliphatic rings. The van der Waals surface area contributed by atoms with E-state index >= 15 is 0 Å². The lowest BCUT2D eigenvalue weighted by atomic mass is 10.2. The van der Waals surface area contributed by atoms with Gasteiger partial charge in [-0.15, -0.1) is 11.3 Å². The van der Waals surface area contributed by atoms with Crippen LogP contribution >= 0.6 is 39.0 Å². The lowest BCUT2D eigenvalue weighted by Crippen LogP contribution is -2.21. The van der Waals surface area contributed by atoms with Crippen molar-refractivity contribution in [3.63, 3.8) is 0 Å². The monoisotopic (exact) mass is 323 g/mol. The molecule has 0 spiro atoms. The minimum absolute atomic E-state index is 0.722. The first-order valence-corrected chi connectivity index (χ1v) is 8.19. The number of thioether (sulfide) groups is 1. The van der Waals surface area contributed by atoms with Crippen LogP contribution < -0.4 is 10.1 Å². The maximum absolute atomic E-state index is 5.23. The van der Waals surface area contributed by atoms with Crippen molar-refractivity contribution in [2.24, 2.45) is 5.92 Å². The second-order valence-corrected chi connectivity index (χ2v) is 6.61. The lowest BCUT2D eigenvalue weighted by molar-refractivity contribution is 0.425. The fraction of sp³-hybridized carbons (Fsp3) is 0.636. The van der Waals surface area contributed by atoms with E-state index in [9.17, 15) is 0 Å². The van der Waals surface area contributed by atoms with Gasteiger partial charge < -0.3 is 10.1 Å². The molecular formula is C11H18BrNOS2. The summed E-state index contributed by atoms with van der Waals surface area (Å²) in [4.78, 5) is 1.31. The summed E-state index contributed by atoms with van der Waals surface area (Å²) in [6.07, 6.45) is 2.15. The zero-order chi connectivity index (χ0) is 12.0. The van der Waals surface area contributed by atoms with Gasteiger partial charge in [-0.1, -0.05) is 6.92 Å². The molecule has 1 aromatic heterocycles. The molecule has 1 N–H and O–H groups in total. The molecule has 92 valence electrons. The lowest BCUT2D eigenvalue weighted by Gasteiger charge is -2.09. The Hall–Kier alpha value is 0.290. The van der Waals surface area contributed by atoms with E-state index in [1.807, 2.05) is 11.8 Å². The summed E-state index contributed by atoms with van der Waals surface area (Å²) < 4.78 is 6.28. The van der Waals surface area contributed by atoms with Gasteiger partial charge in [0.05, 0.1) is 11.6 Å². The van der Waals surface area contributed by atoms with Gasteiger partial charge in [0, 0.05) is 11.4 Å². The molecule has 0 aromatic carbocycles. The van der Waals surface area contributed by atoms with Crippen LogP contribution in [0.5, 0.6) is 5.06 Å². The highest BCUT2D eigenvalue weighted by molar-refractivity contribution is 9.10. The highest BCUT2D eigenvalue weighted by Crippen LogP contribution is 2.34. The quantitative estimate of drug-likeness (QED) is 0.828. The number of ether oxygens (including phenoxy) is 1. The Balaban J connectivity index is 2.31. The summed E-state index contributed by atoms with van der Waals surface area (Å²) in [5, 5.41) is 4.42. The molecule has 0 fully saturated rings. The number of rotatable bonds is 7. The van der Waals surface area contributed by atoms with Gasteiger partial charge in [0.1, 0.15) is 0 Å². The second kappa shape index (κ2) is 7.58. The Morgan fingerprint density at radius 1 is 1.62 bits per heavy atom. The normalized spacial score (nSPS) is 12.8. The molecule has 0 aliphatic carbocycles. The molecule has 1 aromatic rings. The van der Waals surface area contributed by atoms with E-state index in [1.165, 1.54) is 10.6 Å². The highest BCUT2D eigenvalue weighted by Gasteiger charge is 2.07. The van der Waals surface area contributed by atoms with E-state index in [-0.39, 0.29) is 0 Å². The Kier molecular flexibility index (Phi) is 6.80. The number of nitrogens with one attached hydrogen (secondary N) is 1. The summed E-state index contributed by atoms with van der Waals surface area (Å²) >= 11 is 7.07. The van der Waals surface area contributed by atoms with Crippen molar-refractivity contribution in [3.05, 3.63) is 15.4 Å². The van der Waals surface area contributed by atoms with Gasteiger partial charge in [-0.2, -0.15) is 11.8 Å². The van der Waals surface area contributed by atoms with Crippen LogP contribution in [-0.4, -0.2) is 25.7 Å². The number of hydrogen-bond acceptors (Lipinski definition) is 4. The third kappa shape index (κ3) is 4.65. The zero-order valence-electron chi connectivity index (χ0n) is 9.88. The van der Waals surface area contributed by atoms with Crippen molar-refractivity contribution in [3.8, 4) is 5.06 Å². The average Bonchev–Trinajstić information content (AvgIpc) is 2.59. The largest absolute Gasteiger partial charge is 0.486 e. The molecule has 16 heavy (non-hydrogen) atoms. The summed E-state index contributed by atoms with van der Waals surface area (Å²) in [6, 6.07) is 2.12. The minimum Gasteiger partial charge on any atom is -0.486 e. The Bertz CT molecular complexity index is 317. The van der Waals surface area contributed by atoms with Gasteiger partial charge in [0.2, 0.25) is 0 Å². The van der Waals surface area contributed by atoms with Crippen molar-refractivity contribution < 1.29 is 4.74 Å². The van der Waals surface area contributed by atoms with Gasteiger partial charge >= 0.3 is 0 Å². The molecule has 0 bridgehead atoms. The predicted octanol–water partition coefficient (Wildman–Crippen LogP) is 3.61. The van der Waals surface area contributed by atoms with Crippen molar-refractivity contribution in [1.82, 2.24) is 5.32 Å². The maximum Gasteiger partial charge on any atom is 0.188 e. The summed E-state index contributed by atoms with van der Waals surface area (Å²) in [5.74, 6) is 1.94. The summed E-state index contributed by atoms with van der Waals surface area (Å²) in [7, 11) is 1.70. The molecule has 1 heterocycles. The topological polar surface area (TPSA) is 21.3 Å². The third-order valence-corrected chi connectivity index (χ3v) is 4.99. The van der Waals surface area contributed by atoms with Crippen molar-refractivity contribution in [1.29, 1.82) is 0 Å². The average molecular weight is 324 g/mol. The van der Waals surface area contributed by atoms with Crippen molar-refractivity contribution in [2.75, 3.05) is 25.7 Å². The van der Waals surface area contributed by atoms with Gasteiger partial charge in [-0.25, -0.2) is 0 Å². The van der Waals surface area contributed by atoms with E-state index in [1.54, 1.807) is 18.4 Å². The van der Waals surface area contributed by atoms with Crippen LogP contribution in [0.15, 0.2) is 10.5 Å².